The molecule has 0 aromatic rings. The molecule has 20 heavy (non-hydrogen) atoms. The van der Waals surface area contributed by atoms with E-state index in [0.717, 1.165) is 31.3 Å². The molecule has 4 heteroatoms. The van der Waals surface area contributed by atoms with Gasteiger partial charge in [-0.05, 0) is 46.0 Å². The molecule has 1 N–H and O–H groups in total. The van der Waals surface area contributed by atoms with Gasteiger partial charge in [-0.3, -0.25) is 10.1 Å². The number of hydrogen-bond acceptors (Lipinski definition) is 4. The highest BCUT2D eigenvalue weighted by Gasteiger charge is 2.39. The maximum Gasteiger partial charge on any atom is 0.325 e. The van der Waals surface area contributed by atoms with Gasteiger partial charge in [0.15, 0.2) is 0 Å². The van der Waals surface area contributed by atoms with Gasteiger partial charge in [-0.25, -0.2) is 0 Å². The van der Waals surface area contributed by atoms with E-state index in [2.05, 4.69) is 44.8 Å². The summed E-state index contributed by atoms with van der Waals surface area (Å²) in [5.41, 5.74) is -0.614. The van der Waals surface area contributed by atoms with Crippen molar-refractivity contribution in [2.45, 2.75) is 65.6 Å². The lowest BCUT2D eigenvalue weighted by atomic mass is 9.92. The molecule has 0 radical (unpaired) electrons. The molecular weight excluding hydrogens is 252 g/mol. The van der Waals surface area contributed by atoms with Gasteiger partial charge in [0.2, 0.25) is 0 Å². The molecule has 4 nitrogen and oxygen atoms in total. The average molecular weight is 284 g/mol. The van der Waals surface area contributed by atoms with Crippen LogP contribution in [0.4, 0.5) is 0 Å². The summed E-state index contributed by atoms with van der Waals surface area (Å²) < 4.78 is 5.00. The summed E-state index contributed by atoms with van der Waals surface area (Å²) in [4.78, 5) is 14.6. The third kappa shape index (κ3) is 4.19. The summed E-state index contributed by atoms with van der Waals surface area (Å²) in [6.07, 6.45) is 0.775. The van der Waals surface area contributed by atoms with Crippen molar-refractivity contribution in [3.05, 3.63) is 0 Å². The van der Waals surface area contributed by atoms with E-state index in [-0.39, 0.29) is 12.0 Å². The first-order valence-corrected chi connectivity index (χ1v) is 7.79. The fourth-order valence-corrected chi connectivity index (χ4v) is 3.32. The third-order valence-corrected chi connectivity index (χ3v) is 4.59. The summed E-state index contributed by atoms with van der Waals surface area (Å²) in [6, 6.07) is 0.625. The second-order valence-corrected chi connectivity index (χ2v) is 7.08. The highest BCUT2D eigenvalue weighted by Crippen LogP contribution is 2.27. The Balaban J connectivity index is 2.72. The summed E-state index contributed by atoms with van der Waals surface area (Å²) in [6.45, 7) is 15.2. The fourth-order valence-electron chi connectivity index (χ4n) is 3.32. The summed E-state index contributed by atoms with van der Waals surface area (Å²) in [5.74, 6) is 1.30. The van der Waals surface area contributed by atoms with Crippen LogP contribution in [0, 0.1) is 11.8 Å². The predicted octanol–water partition coefficient (Wildman–Crippen LogP) is 2.28. The molecule has 4 atom stereocenters. The molecule has 4 unspecified atom stereocenters. The molecule has 1 heterocycles. The van der Waals surface area contributed by atoms with Crippen LogP contribution in [0.15, 0.2) is 0 Å². The smallest absolute Gasteiger partial charge is 0.325 e. The number of esters is 1. The Morgan fingerprint density at radius 3 is 2.20 bits per heavy atom. The lowest BCUT2D eigenvalue weighted by Crippen LogP contribution is -2.56. The van der Waals surface area contributed by atoms with Gasteiger partial charge >= 0.3 is 5.97 Å². The van der Waals surface area contributed by atoms with Gasteiger partial charge in [-0.2, -0.15) is 0 Å². The van der Waals surface area contributed by atoms with E-state index in [0.29, 0.717) is 6.04 Å². The van der Waals surface area contributed by atoms with E-state index in [1.165, 1.54) is 7.11 Å². The number of likely N-dealkylation sites (tertiary alicyclic amines) is 1. The molecule has 0 aliphatic carbocycles. The van der Waals surface area contributed by atoms with Gasteiger partial charge in [0.25, 0.3) is 0 Å². The zero-order valence-corrected chi connectivity index (χ0v) is 14.2. The maximum atomic E-state index is 12.1. The van der Waals surface area contributed by atoms with Crippen LogP contribution in [0.1, 0.15) is 48.0 Å². The Morgan fingerprint density at radius 1 is 1.30 bits per heavy atom. The van der Waals surface area contributed by atoms with Crippen LogP contribution < -0.4 is 5.32 Å². The summed E-state index contributed by atoms with van der Waals surface area (Å²) >= 11 is 0. The Bertz CT molecular complexity index is 322. The maximum absolute atomic E-state index is 12.1. The minimum absolute atomic E-state index is 0.168. The SMILES string of the molecule is COC(=O)C(C)(CC(C)N1CC(C)C(C)C1)NC(C)C. The number of hydrogen-bond donors (Lipinski definition) is 1. The molecular formula is C16H32N2O2. The van der Waals surface area contributed by atoms with Gasteiger partial charge in [0, 0.05) is 25.2 Å². The predicted molar refractivity (Wildman–Crippen MR) is 82.7 cm³/mol. The Kier molecular flexibility index (Phi) is 6.02. The van der Waals surface area contributed by atoms with Crippen LogP contribution in [0.3, 0.4) is 0 Å². The molecule has 0 aromatic heterocycles. The van der Waals surface area contributed by atoms with Crippen LogP contribution in [0.2, 0.25) is 0 Å². The number of carbonyl (C=O) groups is 1. The molecule has 0 saturated carbocycles. The minimum Gasteiger partial charge on any atom is -0.468 e. The van der Waals surface area contributed by atoms with Crippen LogP contribution in [-0.4, -0.2) is 48.7 Å². The molecule has 0 amide bonds. The monoisotopic (exact) mass is 284 g/mol. The second kappa shape index (κ2) is 6.90. The second-order valence-electron chi connectivity index (χ2n) is 7.08. The van der Waals surface area contributed by atoms with E-state index in [4.69, 9.17) is 4.74 Å². The summed E-state index contributed by atoms with van der Waals surface area (Å²) in [7, 11) is 1.47. The van der Waals surface area contributed by atoms with Gasteiger partial charge in [-0.15, -0.1) is 0 Å². The fraction of sp³-hybridized carbons (Fsp3) is 0.938. The van der Waals surface area contributed by atoms with Crippen molar-refractivity contribution < 1.29 is 9.53 Å². The molecule has 118 valence electrons. The van der Waals surface area contributed by atoms with Crippen molar-refractivity contribution in [3.63, 3.8) is 0 Å². The number of nitrogens with one attached hydrogen (secondary N) is 1. The lowest BCUT2D eigenvalue weighted by Gasteiger charge is -2.35. The first kappa shape index (κ1) is 17.4. The largest absolute Gasteiger partial charge is 0.468 e. The van der Waals surface area contributed by atoms with Crippen molar-refractivity contribution in [1.82, 2.24) is 10.2 Å². The average Bonchev–Trinajstić information content (AvgIpc) is 2.67. The number of methoxy groups -OCH3 is 1. The van der Waals surface area contributed by atoms with E-state index < -0.39 is 5.54 Å². The Labute approximate surface area is 124 Å². The van der Waals surface area contributed by atoms with Gasteiger partial charge in [-0.1, -0.05) is 13.8 Å². The van der Waals surface area contributed by atoms with Crippen LogP contribution in [-0.2, 0) is 9.53 Å². The number of ether oxygens (including phenoxy) is 1. The lowest BCUT2D eigenvalue weighted by molar-refractivity contribution is -0.149. The van der Waals surface area contributed by atoms with Crippen LogP contribution >= 0.6 is 0 Å². The van der Waals surface area contributed by atoms with E-state index in [1.54, 1.807) is 0 Å². The van der Waals surface area contributed by atoms with Crippen molar-refractivity contribution in [2.75, 3.05) is 20.2 Å². The molecule has 0 aromatic carbocycles. The van der Waals surface area contributed by atoms with Gasteiger partial charge in [0.1, 0.15) is 5.54 Å². The molecule has 1 fully saturated rings. The Hall–Kier alpha value is -0.610. The first-order chi connectivity index (χ1) is 9.19. The zero-order chi connectivity index (χ0) is 15.5. The molecule has 1 aliphatic rings. The third-order valence-electron chi connectivity index (χ3n) is 4.59. The normalized spacial score (nSPS) is 28.4. The van der Waals surface area contributed by atoms with Crippen molar-refractivity contribution in [3.8, 4) is 0 Å². The van der Waals surface area contributed by atoms with Crippen LogP contribution in [0.25, 0.3) is 0 Å². The minimum atomic E-state index is -0.614. The quantitative estimate of drug-likeness (QED) is 0.760. The van der Waals surface area contributed by atoms with Gasteiger partial charge < -0.3 is 9.64 Å². The van der Waals surface area contributed by atoms with Crippen LogP contribution in [0.5, 0.6) is 0 Å². The standard InChI is InChI=1S/C16H32N2O2/c1-11(2)17-16(6,15(19)20-7)8-14(5)18-9-12(3)13(4)10-18/h11-14,17H,8-10H2,1-7H3. The number of nitrogens with zero attached hydrogens (tertiary/aromatic N) is 1. The van der Waals surface area contributed by atoms with Crippen molar-refractivity contribution >= 4 is 5.97 Å². The summed E-state index contributed by atoms with van der Waals surface area (Å²) in [5, 5.41) is 3.38. The molecule has 1 saturated heterocycles. The zero-order valence-electron chi connectivity index (χ0n) is 14.2. The van der Waals surface area contributed by atoms with Crippen molar-refractivity contribution in [2.24, 2.45) is 11.8 Å². The Morgan fingerprint density at radius 2 is 1.80 bits per heavy atom. The molecule has 1 rings (SSSR count). The van der Waals surface area contributed by atoms with E-state index in [9.17, 15) is 4.79 Å². The topological polar surface area (TPSA) is 41.6 Å². The van der Waals surface area contributed by atoms with E-state index in [1.807, 2.05) is 6.92 Å². The van der Waals surface area contributed by atoms with E-state index >= 15 is 0 Å². The molecule has 1 aliphatic heterocycles. The highest BCUT2D eigenvalue weighted by atomic mass is 16.5. The van der Waals surface area contributed by atoms with Gasteiger partial charge in [0.05, 0.1) is 7.11 Å². The highest BCUT2D eigenvalue weighted by molar-refractivity contribution is 5.80. The number of rotatable bonds is 6. The molecule has 0 bridgehead atoms. The number of carbonyl (C=O) groups excluding carboxylic acids is 1. The van der Waals surface area contributed by atoms with Crippen molar-refractivity contribution in [1.29, 1.82) is 0 Å². The molecule has 0 spiro atoms. The first-order valence-electron chi connectivity index (χ1n) is 7.79.